The van der Waals surface area contributed by atoms with E-state index in [1.807, 2.05) is 0 Å². The molecule has 0 unspecified atom stereocenters. The van der Waals surface area contributed by atoms with Gasteiger partial charge in [0.05, 0.1) is 23.3 Å². The standard InChI is InChI=1S/C16H19F3N4O4S/c1-3-22(15(24)6-8-28(26,27)11-16(17,18)19)14-10-23(20-12(14)2)13-5-4-7-21(25)9-13/h4-5,7,9-10H,3,6,8,11H2,1-2H3. The summed E-state index contributed by atoms with van der Waals surface area (Å²) in [4.78, 5) is 13.7. The van der Waals surface area contributed by atoms with Crippen LogP contribution in [0.5, 0.6) is 0 Å². The number of alkyl halides is 3. The Balaban J connectivity index is 2.18. The highest BCUT2D eigenvalue weighted by molar-refractivity contribution is 7.91. The predicted octanol–water partition coefficient (Wildman–Crippen LogP) is 1.53. The summed E-state index contributed by atoms with van der Waals surface area (Å²) in [5.41, 5.74) is 1.26. The molecular weight excluding hydrogens is 401 g/mol. The van der Waals surface area contributed by atoms with Gasteiger partial charge in [0, 0.05) is 19.0 Å². The van der Waals surface area contributed by atoms with Crippen molar-refractivity contribution in [2.24, 2.45) is 0 Å². The normalized spacial score (nSPS) is 12.2. The smallest absolute Gasteiger partial charge is 0.402 e. The summed E-state index contributed by atoms with van der Waals surface area (Å²) in [6.45, 7) is 3.43. The number of amides is 1. The van der Waals surface area contributed by atoms with Gasteiger partial charge in [0.2, 0.25) is 12.1 Å². The van der Waals surface area contributed by atoms with Crippen LogP contribution in [0.2, 0.25) is 0 Å². The SMILES string of the molecule is CCN(C(=O)CCS(=O)(=O)CC(F)(F)F)c1cn(-c2ccc[n+]([O-])c2)nc1C. The number of carbonyl (C=O) groups is 1. The van der Waals surface area contributed by atoms with Gasteiger partial charge in [-0.2, -0.15) is 23.0 Å². The van der Waals surface area contributed by atoms with Gasteiger partial charge in [-0.3, -0.25) is 4.79 Å². The minimum absolute atomic E-state index is 0.168. The predicted molar refractivity (Wildman–Crippen MR) is 94.6 cm³/mol. The number of nitrogens with zero attached hydrogens (tertiary/aromatic N) is 4. The zero-order valence-electron chi connectivity index (χ0n) is 15.2. The fourth-order valence-corrected chi connectivity index (χ4v) is 3.74. The average Bonchev–Trinajstić information content (AvgIpc) is 2.93. The Morgan fingerprint density at radius 2 is 2.07 bits per heavy atom. The molecule has 0 atom stereocenters. The Labute approximate surface area is 159 Å². The van der Waals surface area contributed by atoms with Gasteiger partial charge in [0.15, 0.2) is 16.0 Å². The lowest BCUT2D eigenvalue weighted by atomic mass is 10.3. The first kappa shape index (κ1) is 21.7. The highest BCUT2D eigenvalue weighted by atomic mass is 32.2. The van der Waals surface area contributed by atoms with Crippen LogP contribution in [-0.4, -0.2) is 48.3 Å². The Kier molecular flexibility index (Phi) is 6.32. The van der Waals surface area contributed by atoms with Crippen molar-refractivity contribution in [2.75, 3.05) is 23.0 Å². The van der Waals surface area contributed by atoms with Crippen LogP contribution < -0.4 is 9.63 Å². The van der Waals surface area contributed by atoms with Crippen molar-refractivity contribution in [3.8, 4) is 5.69 Å². The third-order valence-corrected chi connectivity index (χ3v) is 5.41. The maximum absolute atomic E-state index is 12.4. The number of rotatable bonds is 7. The number of halogens is 3. The molecule has 2 aromatic rings. The molecule has 0 saturated carbocycles. The van der Waals surface area contributed by atoms with Crippen molar-refractivity contribution in [1.29, 1.82) is 0 Å². The summed E-state index contributed by atoms with van der Waals surface area (Å²) in [6.07, 6.45) is -1.36. The summed E-state index contributed by atoms with van der Waals surface area (Å²) in [7, 11) is -4.44. The lowest BCUT2D eigenvalue weighted by Gasteiger charge is -2.20. The molecule has 8 nitrogen and oxygen atoms in total. The molecule has 28 heavy (non-hydrogen) atoms. The van der Waals surface area contributed by atoms with Crippen LogP contribution in [0, 0.1) is 12.1 Å². The zero-order chi connectivity index (χ0) is 21.1. The number of pyridine rings is 1. The molecule has 0 fully saturated rings. The summed E-state index contributed by atoms with van der Waals surface area (Å²) in [5.74, 6) is -3.49. The highest BCUT2D eigenvalue weighted by Gasteiger charge is 2.35. The maximum atomic E-state index is 12.4. The summed E-state index contributed by atoms with van der Waals surface area (Å²) < 4.78 is 62.0. The molecule has 2 aromatic heterocycles. The quantitative estimate of drug-likeness (QED) is 0.500. The molecule has 0 aliphatic rings. The molecule has 0 bridgehead atoms. The first-order valence-corrected chi connectivity index (χ1v) is 10.1. The Hall–Kier alpha value is -2.63. The van der Waals surface area contributed by atoms with E-state index in [0.29, 0.717) is 21.8 Å². The highest BCUT2D eigenvalue weighted by Crippen LogP contribution is 2.22. The molecule has 12 heteroatoms. The van der Waals surface area contributed by atoms with Gasteiger partial charge in [-0.1, -0.05) is 0 Å². The van der Waals surface area contributed by atoms with Gasteiger partial charge in [-0.05, 0) is 19.9 Å². The van der Waals surface area contributed by atoms with E-state index >= 15 is 0 Å². The van der Waals surface area contributed by atoms with E-state index in [1.165, 1.54) is 34.2 Å². The average molecular weight is 420 g/mol. The van der Waals surface area contributed by atoms with Crippen LogP contribution in [0.25, 0.3) is 5.69 Å². The van der Waals surface area contributed by atoms with Crippen LogP contribution in [-0.2, 0) is 14.6 Å². The molecular formula is C16H19F3N4O4S. The molecule has 0 aliphatic heterocycles. The molecule has 0 aromatic carbocycles. The number of aryl methyl sites for hydroxylation is 1. The van der Waals surface area contributed by atoms with Gasteiger partial charge in [-0.15, -0.1) is 0 Å². The number of sulfone groups is 1. The van der Waals surface area contributed by atoms with E-state index in [1.54, 1.807) is 19.9 Å². The summed E-state index contributed by atoms with van der Waals surface area (Å²) in [5, 5.41) is 15.6. The van der Waals surface area contributed by atoms with Crippen LogP contribution in [0.4, 0.5) is 18.9 Å². The molecule has 2 heterocycles. The Bertz CT molecular complexity index is 957. The van der Waals surface area contributed by atoms with Crippen molar-refractivity contribution >= 4 is 21.4 Å². The first-order chi connectivity index (χ1) is 12.9. The van der Waals surface area contributed by atoms with Gasteiger partial charge in [0.25, 0.3) is 0 Å². The number of carbonyl (C=O) groups excluding carboxylic acids is 1. The molecule has 2 rings (SSSR count). The van der Waals surface area contributed by atoms with E-state index in [0.717, 1.165) is 0 Å². The van der Waals surface area contributed by atoms with Crippen LogP contribution in [0.15, 0.2) is 30.7 Å². The van der Waals surface area contributed by atoms with E-state index in [-0.39, 0.29) is 6.54 Å². The monoisotopic (exact) mass is 420 g/mol. The van der Waals surface area contributed by atoms with Crippen molar-refractivity contribution in [3.05, 3.63) is 41.6 Å². The molecule has 0 N–H and O–H groups in total. The van der Waals surface area contributed by atoms with Crippen molar-refractivity contribution in [2.45, 2.75) is 26.4 Å². The lowest BCUT2D eigenvalue weighted by Crippen LogP contribution is -2.33. The fourth-order valence-electron chi connectivity index (χ4n) is 2.61. The second-order valence-corrected chi connectivity index (χ2v) is 8.25. The molecule has 1 amide bonds. The van der Waals surface area contributed by atoms with Crippen molar-refractivity contribution in [3.63, 3.8) is 0 Å². The Morgan fingerprint density at radius 3 is 2.64 bits per heavy atom. The number of hydrogen-bond acceptors (Lipinski definition) is 5. The largest absolute Gasteiger partial charge is 0.619 e. The minimum atomic E-state index is -4.85. The molecule has 0 aliphatic carbocycles. The van der Waals surface area contributed by atoms with E-state index in [9.17, 15) is 31.6 Å². The van der Waals surface area contributed by atoms with Crippen molar-refractivity contribution < 1.29 is 31.1 Å². The van der Waals surface area contributed by atoms with E-state index in [2.05, 4.69) is 5.10 Å². The molecule has 0 spiro atoms. The third kappa shape index (κ3) is 5.68. The minimum Gasteiger partial charge on any atom is -0.619 e. The number of anilines is 1. The van der Waals surface area contributed by atoms with Crippen molar-refractivity contribution in [1.82, 2.24) is 9.78 Å². The number of aromatic nitrogens is 3. The molecule has 0 radical (unpaired) electrons. The van der Waals surface area contributed by atoms with Crippen LogP contribution in [0.3, 0.4) is 0 Å². The topological polar surface area (TPSA) is 99.2 Å². The second kappa shape index (κ2) is 8.17. The maximum Gasteiger partial charge on any atom is 0.402 e. The first-order valence-electron chi connectivity index (χ1n) is 8.25. The van der Waals surface area contributed by atoms with E-state index in [4.69, 9.17) is 0 Å². The van der Waals surface area contributed by atoms with Gasteiger partial charge in [-0.25, -0.2) is 13.1 Å². The summed E-state index contributed by atoms with van der Waals surface area (Å²) in [6, 6.07) is 3.15. The second-order valence-electron chi connectivity index (χ2n) is 6.06. The summed E-state index contributed by atoms with van der Waals surface area (Å²) >= 11 is 0. The van der Waals surface area contributed by atoms with Gasteiger partial charge < -0.3 is 10.1 Å². The zero-order valence-corrected chi connectivity index (χ0v) is 16.0. The lowest BCUT2D eigenvalue weighted by molar-refractivity contribution is -0.605. The molecule has 154 valence electrons. The van der Waals surface area contributed by atoms with Crippen LogP contribution >= 0.6 is 0 Å². The third-order valence-electron chi connectivity index (χ3n) is 3.82. The molecule has 0 saturated heterocycles. The number of hydrogen-bond donors (Lipinski definition) is 0. The Morgan fingerprint density at radius 1 is 1.39 bits per heavy atom. The van der Waals surface area contributed by atoms with Crippen LogP contribution in [0.1, 0.15) is 19.0 Å². The fraction of sp³-hybridized carbons (Fsp3) is 0.438. The van der Waals surface area contributed by atoms with E-state index < -0.39 is 39.8 Å². The van der Waals surface area contributed by atoms with Gasteiger partial charge in [0.1, 0.15) is 11.4 Å². The van der Waals surface area contributed by atoms with Gasteiger partial charge >= 0.3 is 6.18 Å².